The number of ether oxygens (including phenoxy) is 2. The fourth-order valence-electron chi connectivity index (χ4n) is 2.70. The van der Waals surface area contributed by atoms with Crippen LogP contribution in [0.2, 0.25) is 5.02 Å². The summed E-state index contributed by atoms with van der Waals surface area (Å²) in [5.74, 6) is 0.425. The molecule has 3 aromatic rings. The first-order valence-corrected chi connectivity index (χ1v) is 8.72. The highest BCUT2D eigenvalue weighted by molar-refractivity contribution is 6.32. The topological polar surface area (TPSA) is 38.8 Å². The van der Waals surface area contributed by atoms with E-state index in [1.807, 2.05) is 36.4 Å². The Labute approximate surface area is 162 Å². The van der Waals surface area contributed by atoms with E-state index in [9.17, 15) is 9.18 Å². The number of methoxy groups -OCH3 is 1. The van der Waals surface area contributed by atoms with Gasteiger partial charge in [-0.25, -0.2) is 4.39 Å². The molecule has 0 saturated heterocycles. The van der Waals surface area contributed by atoms with Gasteiger partial charge in [0.2, 0.25) is 0 Å². The van der Waals surface area contributed by atoms with Crippen molar-refractivity contribution < 1.29 is 18.7 Å². The maximum atomic E-state index is 13.0. The molecule has 4 nitrogen and oxygen atoms in total. The van der Waals surface area contributed by atoms with Gasteiger partial charge >= 0.3 is 0 Å². The Balaban J connectivity index is 1.62. The summed E-state index contributed by atoms with van der Waals surface area (Å²) in [6.45, 7) is 0.272. The van der Waals surface area contributed by atoms with E-state index in [4.69, 9.17) is 21.1 Å². The summed E-state index contributed by atoms with van der Waals surface area (Å²) >= 11 is 5.90. The molecule has 0 aliphatic rings. The van der Waals surface area contributed by atoms with Crippen molar-refractivity contribution >= 4 is 28.3 Å². The van der Waals surface area contributed by atoms with Gasteiger partial charge in [-0.05, 0) is 52.7 Å². The lowest BCUT2D eigenvalue weighted by molar-refractivity contribution is -0.132. The van der Waals surface area contributed by atoms with Crippen molar-refractivity contribution in [2.45, 2.75) is 6.54 Å². The average molecular weight is 388 g/mol. The first kappa shape index (κ1) is 19.0. The van der Waals surface area contributed by atoms with Crippen LogP contribution in [0.1, 0.15) is 5.56 Å². The lowest BCUT2D eigenvalue weighted by Crippen LogP contribution is -2.31. The van der Waals surface area contributed by atoms with Crippen LogP contribution in [0.25, 0.3) is 10.8 Å². The van der Waals surface area contributed by atoms with Crippen LogP contribution >= 0.6 is 11.6 Å². The van der Waals surface area contributed by atoms with Crippen molar-refractivity contribution in [3.8, 4) is 11.5 Å². The molecule has 0 spiro atoms. The molecule has 27 heavy (non-hydrogen) atoms. The lowest BCUT2D eigenvalue weighted by atomic mass is 10.1. The van der Waals surface area contributed by atoms with Crippen LogP contribution < -0.4 is 9.47 Å². The van der Waals surface area contributed by atoms with Gasteiger partial charge in [0, 0.05) is 13.6 Å². The zero-order valence-corrected chi connectivity index (χ0v) is 15.8. The molecule has 0 heterocycles. The van der Waals surface area contributed by atoms with Gasteiger partial charge in [-0.15, -0.1) is 0 Å². The van der Waals surface area contributed by atoms with Gasteiger partial charge in [0.15, 0.2) is 6.61 Å². The van der Waals surface area contributed by atoms with E-state index in [0.717, 1.165) is 28.2 Å². The summed E-state index contributed by atoms with van der Waals surface area (Å²) in [6.07, 6.45) is 0. The average Bonchev–Trinajstić information content (AvgIpc) is 2.66. The number of halogens is 2. The molecule has 0 aromatic heterocycles. The van der Waals surface area contributed by atoms with E-state index in [-0.39, 0.29) is 23.3 Å². The fourth-order valence-corrected chi connectivity index (χ4v) is 2.92. The number of likely N-dealkylation sites (N-methyl/N-ethyl adjacent to an activating group) is 1. The number of benzene rings is 3. The van der Waals surface area contributed by atoms with Gasteiger partial charge in [-0.2, -0.15) is 0 Å². The zero-order valence-electron chi connectivity index (χ0n) is 15.0. The van der Waals surface area contributed by atoms with Gasteiger partial charge in [0.25, 0.3) is 5.91 Å². The molecule has 3 aromatic carbocycles. The normalized spacial score (nSPS) is 10.7. The monoisotopic (exact) mass is 387 g/mol. The predicted octanol–water partition coefficient (Wildman–Crippen LogP) is 4.68. The number of amides is 1. The van der Waals surface area contributed by atoms with Crippen molar-refractivity contribution in [2.75, 3.05) is 20.8 Å². The second-order valence-corrected chi connectivity index (χ2v) is 6.57. The molecule has 1 amide bonds. The highest BCUT2D eigenvalue weighted by atomic mass is 35.5. The number of nitrogens with zero attached hydrogens (tertiary/aromatic N) is 1. The minimum Gasteiger partial charge on any atom is -0.497 e. The first-order valence-electron chi connectivity index (χ1n) is 8.35. The Morgan fingerprint density at radius 2 is 1.81 bits per heavy atom. The summed E-state index contributed by atoms with van der Waals surface area (Å²) in [7, 11) is 3.34. The van der Waals surface area contributed by atoms with Crippen LogP contribution in [-0.4, -0.2) is 31.6 Å². The van der Waals surface area contributed by atoms with E-state index in [1.54, 1.807) is 19.1 Å². The highest BCUT2D eigenvalue weighted by Crippen LogP contribution is 2.25. The largest absolute Gasteiger partial charge is 0.497 e. The molecule has 0 unspecified atom stereocenters. The van der Waals surface area contributed by atoms with Gasteiger partial charge < -0.3 is 14.4 Å². The molecule has 0 saturated carbocycles. The number of hydrogen-bond acceptors (Lipinski definition) is 3. The zero-order chi connectivity index (χ0) is 19.4. The smallest absolute Gasteiger partial charge is 0.260 e. The Kier molecular flexibility index (Phi) is 5.81. The van der Waals surface area contributed by atoms with Crippen molar-refractivity contribution in [1.29, 1.82) is 0 Å². The van der Waals surface area contributed by atoms with Crippen LogP contribution in [0.3, 0.4) is 0 Å². The Bertz CT molecular complexity index is 977. The molecule has 3 rings (SSSR count). The third-order valence-corrected chi connectivity index (χ3v) is 4.50. The van der Waals surface area contributed by atoms with Crippen LogP contribution in [0.15, 0.2) is 54.6 Å². The van der Waals surface area contributed by atoms with Gasteiger partial charge in [0.1, 0.15) is 17.3 Å². The molecule has 0 aliphatic carbocycles. The predicted molar refractivity (Wildman–Crippen MR) is 104 cm³/mol. The molecule has 0 N–H and O–H groups in total. The van der Waals surface area contributed by atoms with Gasteiger partial charge in [-0.3, -0.25) is 4.79 Å². The van der Waals surface area contributed by atoms with E-state index in [0.29, 0.717) is 6.54 Å². The standard InChI is InChI=1S/C21H19ClFNO3/c1-24(21(25)13-27-20-8-6-17(23)11-19(20)22)12-14-3-4-16-10-18(26-2)7-5-15(16)9-14/h3-11H,12-13H2,1-2H3. The van der Waals surface area contributed by atoms with Crippen molar-refractivity contribution in [3.63, 3.8) is 0 Å². The number of carbonyl (C=O) groups is 1. The molecule has 6 heteroatoms. The van der Waals surface area contributed by atoms with Crippen molar-refractivity contribution in [2.24, 2.45) is 0 Å². The number of hydrogen-bond donors (Lipinski definition) is 0. The van der Waals surface area contributed by atoms with Gasteiger partial charge in [0.05, 0.1) is 12.1 Å². The third-order valence-electron chi connectivity index (χ3n) is 4.20. The molecule has 0 atom stereocenters. The van der Waals surface area contributed by atoms with Crippen LogP contribution in [0.4, 0.5) is 4.39 Å². The minimum atomic E-state index is -0.454. The summed E-state index contributed by atoms with van der Waals surface area (Å²) in [5.41, 5.74) is 1.00. The second-order valence-electron chi connectivity index (χ2n) is 6.16. The van der Waals surface area contributed by atoms with Crippen molar-refractivity contribution in [1.82, 2.24) is 4.90 Å². The molecule has 0 bridgehead atoms. The molecular formula is C21H19ClFNO3. The highest BCUT2D eigenvalue weighted by Gasteiger charge is 2.12. The van der Waals surface area contributed by atoms with Crippen LogP contribution in [-0.2, 0) is 11.3 Å². The molecule has 0 fully saturated rings. The summed E-state index contributed by atoms with van der Waals surface area (Å²) in [4.78, 5) is 13.9. The summed E-state index contributed by atoms with van der Waals surface area (Å²) in [5, 5.41) is 2.28. The maximum absolute atomic E-state index is 13.0. The minimum absolute atomic E-state index is 0.135. The number of carbonyl (C=O) groups excluding carboxylic acids is 1. The summed E-state index contributed by atoms with van der Waals surface area (Å²) in [6, 6.07) is 15.7. The van der Waals surface area contributed by atoms with E-state index >= 15 is 0 Å². The van der Waals surface area contributed by atoms with E-state index in [1.165, 1.54) is 12.1 Å². The van der Waals surface area contributed by atoms with Crippen LogP contribution in [0.5, 0.6) is 11.5 Å². The van der Waals surface area contributed by atoms with E-state index in [2.05, 4.69) is 0 Å². The first-order chi connectivity index (χ1) is 13.0. The molecular weight excluding hydrogens is 369 g/mol. The van der Waals surface area contributed by atoms with Crippen molar-refractivity contribution in [3.05, 3.63) is 71.0 Å². The Morgan fingerprint density at radius 1 is 1.07 bits per heavy atom. The molecule has 140 valence electrons. The SMILES string of the molecule is COc1ccc2cc(CN(C)C(=O)COc3ccc(F)cc3Cl)ccc2c1. The number of fused-ring (bicyclic) bond motifs is 1. The summed E-state index contributed by atoms with van der Waals surface area (Å²) < 4.78 is 23.7. The Hall–Kier alpha value is -2.79. The molecule has 0 radical (unpaired) electrons. The Morgan fingerprint density at radius 3 is 2.56 bits per heavy atom. The number of rotatable bonds is 6. The molecule has 0 aliphatic heterocycles. The fraction of sp³-hybridized carbons (Fsp3) is 0.190. The maximum Gasteiger partial charge on any atom is 0.260 e. The quantitative estimate of drug-likeness (QED) is 0.616. The van der Waals surface area contributed by atoms with Gasteiger partial charge in [-0.1, -0.05) is 29.8 Å². The van der Waals surface area contributed by atoms with E-state index < -0.39 is 5.82 Å². The lowest BCUT2D eigenvalue weighted by Gasteiger charge is -2.18. The third kappa shape index (κ3) is 4.68. The van der Waals surface area contributed by atoms with Crippen LogP contribution in [0, 0.1) is 5.82 Å². The second kappa shape index (κ2) is 8.27.